The Bertz CT molecular complexity index is 515. The van der Waals surface area contributed by atoms with Gasteiger partial charge in [-0.15, -0.1) is 0 Å². The highest BCUT2D eigenvalue weighted by Crippen LogP contribution is 2.27. The van der Waals surface area contributed by atoms with E-state index < -0.39 is 0 Å². The van der Waals surface area contributed by atoms with E-state index in [0.29, 0.717) is 18.3 Å². The van der Waals surface area contributed by atoms with Gasteiger partial charge in [-0.05, 0) is 37.6 Å². The number of phenols is 1. The molecule has 0 spiro atoms. The SMILES string of the molecule is CCC(C)(CN)c1nc(-c2ccc(O)cc2)no1. The fourth-order valence-electron chi connectivity index (χ4n) is 1.58. The zero-order chi connectivity index (χ0) is 13.2. The van der Waals surface area contributed by atoms with Crippen LogP contribution in [0.3, 0.4) is 0 Å². The van der Waals surface area contributed by atoms with Gasteiger partial charge in [0.25, 0.3) is 0 Å². The van der Waals surface area contributed by atoms with Gasteiger partial charge in [-0.1, -0.05) is 12.1 Å². The third-order valence-corrected chi connectivity index (χ3v) is 3.30. The van der Waals surface area contributed by atoms with E-state index in [0.717, 1.165) is 12.0 Å². The Morgan fingerprint density at radius 1 is 1.33 bits per heavy atom. The van der Waals surface area contributed by atoms with Crippen LogP contribution < -0.4 is 5.73 Å². The highest BCUT2D eigenvalue weighted by atomic mass is 16.5. The van der Waals surface area contributed by atoms with Crippen molar-refractivity contribution in [3.8, 4) is 17.1 Å². The van der Waals surface area contributed by atoms with Crippen molar-refractivity contribution >= 4 is 0 Å². The maximum absolute atomic E-state index is 9.23. The molecule has 18 heavy (non-hydrogen) atoms. The average Bonchev–Trinajstić information content (AvgIpc) is 2.89. The predicted octanol–water partition coefficient (Wildman–Crippen LogP) is 2.07. The van der Waals surface area contributed by atoms with E-state index in [1.807, 2.05) is 13.8 Å². The molecule has 0 saturated heterocycles. The molecule has 1 atom stereocenters. The number of aromatic hydroxyl groups is 1. The molecule has 0 amide bonds. The molecule has 1 aromatic heterocycles. The summed E-state index contributed by atoms with van der Waals surface area (Å²) < 4.78 is 5.29. The molecule has 3 N–H and O–H groups in total. The van der Waals surface area contributed by atoms with Crippen molar-refractivity contribution in [3.63, 3.8) is 0 Å². The first-order chi connectivity index (χ1) is 8.59. The van der Waals surface area contributed by atoms with Gasteiger partial charge in [0.2, 0.25) is 11.7 Å². The largest absolute Gasteiger partial charge is 0.508 e. The van der Waals surface area contributed by atoms with Gasteiger partial charge in [0.15, 0.2) is 0 Å². The lowest BCUT2D eigenvalue weighted by Crippen LogP contribution is -2.31. The Morgan fingerprint density at radius 2 is 2.00 bits per heavy atom. The maximum Gasteiger partial charge on any atom is 0.234 e. The topological polar surface area (TPSA) is 85.2 Å². The number of benzene rings is 1. The lowest BCUT2D eigenvalue weighted by atomic mass is 9.88. The molecular weight excluding hydrogens is 230 g/mol. The molecule has 0 fully saturated rings. The first-order valence-electron chi connectivity index (χ1n) is 5.92. The summed E-state index contributed by atoms with van der Waals surface area (Å²) in [5.41, 5.74) is 6.27. The number of aromatic nitrogens is 2. The van der Waals surface area contributed by atoms with Crippen LogP contribution in [0.15, 0.2) is 28.8 Å². The first kappa shape index (κ1) is 12.6. The summed E-state index contributed by atoms with van der Waals surface area (Å²) in [5.74, 6) is 1.27. The van der Waals surface area contributed by atoms with Gasteiger partial charge < -0.3 is 15.4 Å². The van der Waals surface area contributed by atoms with Gasteiger partial charge in [0, 0.05) is 12.1 Å². The first-order valence-corrected chi connectivity index (χ1v) is 5.92. The summed E-state index contributed by atoms with van der Waals surface area (Å²) in [6, 6.07) is 6.67. The molecule has 2 aromatic rings. The molecule has 0 bridgehead atoms. The van der Waals surface area contributed by atoms with Crippen molar-refractivity contribution in [1.29, 1.82) is 0 Å². The standard InChI is InChI=1S/C13H17N3O2/c1-3-13(2,8-14)12-15-11(16-18-12)9-4-6-10(17)7-5-9/h4-7,17H,3,8,14H2,1-2H3. The second kappa shape index (κ2) is 4.78. The van der Waals surface area contributed by atoms with Crippen LogP contribution >= 0.6 is 0 Å². The molecule has 5 heteroatoms. The Kier molecular flexibility index (Phi) is 3.34. The van der Waals surface area contributed by atoms with Crippen LogP contribution in [0.1, 0.15) is 26.2 Å². The lowest BCUT2D eigenvalue weighted by Gasteiger charge is -2.20. The Balaban J connectivity index is 2.33. The molecular formula is C13H17N3O2. The Labute approximate surface area is 106 Å². The van der Waals surface area contributed by atoms with E-state index in [4.69, 9.17) is 10.3 Å². The lowest BCUT2D eigenvalue weighted by molar-refractivity contribution is 0.291. The summed E-state index contributed by atoms with van der Waals surface area (Å²) in [4.78, 5) is 4.38. The highest BCUT2D eigenvalue weighted by molar-refractivity contribution is 5.55. The van der Waals surface area contributed by atoms with Crippen LogP contribution in [0.5, 0.6) is 5.75 Å². The van der Waals surface area contributed by atoms with E-state index >= 15 is 0 Å². The Morgan fingerprint density at radius 3 is 2.56 bits per heavy atom. The minimum atomic E-state index is -0.290. The number of hydrogen-bond donors (Lipinski definition) is 2. The van der Waals surface area contributed by atoms with E-state index in [1.54, 1.807) is 24.3 Å². The van der Waals surface area contributed by atoms with E-state index in [1.165, 1.54) is 0 Å². The number of hydrogen-bond acceptors (Lipinski definition) is 5. The molecule has 96 valence electrons. The van der Waals surface area contributed by atoms with Crippen molar-refractivity contribution < 1.29 is 9.63 Å². The third-order valence-electron chi connectivity index (χ3n) is 3.30. The van der Waals surface area contributed by atoms with Gasteiger partial charge in [-0.2, -0.15) is 4.98 Å². The minimum absolute atomic E-state index is 0.211. The summed E-state index contributed by atoms with van der Waals surface area (Å²) in [5, 5.41) is 13.2. The van der Waals surface area contributed by atoms with Crippen LogP contribution in [-0.2, 0) is 5.41 Å². The predicted molar refractivity (Wildman–Crippen MR) is 68.1 cm³/mol. The fourth-order valence-corrected chi connectivity index (χ4v) is 1.58. The highest BCUT2D eigenvalue weighted by Gasteiger charge is 2.29. The molecule has 1 unspecified atom stereocenters. The Hall–Kier alpha value is -1.88. The van der Waals surface area contributed by atoms with Crippen LogP contribution in [0, 0.1) is 0 Å². The fraction of sp³-hybridized carbons (Fsp3) is 0.385. The van der Waals surface area contributed by atoms with Crippen molar-refractivity contribution in [2.45, 2.75) is 25.7 Å². The van der Waals surface area contributed by atoms with Crippen LogP contribution in [0.4, 0.5) is 0 Å². The molecule has 0 aliphatic rings. The van der Waals surface area contributed by atoms with Gasteiger partial charge >= 0.3 is 0 Å². The average molecular weight is 247 g/mol. The summed E-state index contributed by atoms with van der Waals surface area (Å²) in [6.45, 7) is 4.50. The number of rotatable bonds is 4. The summed E-state index contributed by atoms with van der Waals surface area (Å²) in [7, 11) is 0. The second-order valence-corrected chi connectivity index (χ2v) is 4.59. The van der Waals surface area contributed by atoms with Gasteiger partial charge in [-0.3, -0.25) is 0 Å². The van der Waals surface area contributed by atoms with Gasteiger partial charge in [0.05, 0.1) is 5.41 Å². The van der Waals surface area contributed by atoms with Crippen LogP contribution in [0.25, 0.3) is 11.4 Å². The third kappa shape index (κ3) is 2.22. The zero-order valence-electron chi connectivity index (χ0n) is 10.6. The van der Waals surface area contributed by atoms with Gasteiger partial charge in [-0.25, -0.2) is 0 Å². The zero-order valence-corrected chi connectivity index (χ0v) is 10.6. The molecule has 0 radical (unpaired) electrons. The molecule has 1 aromatic carbocycles. The van der Waals surface area contributed by atoms with Crippen LogP contribution in [-0.4, -0.2) is 21.8 Å². The van der Waals surface area contributed by atoms with Crippen LogP contribution in [0.2, 0.25) is 0 Å². The molecule has 0 saturated carbocycles. The van der Waals surface area contributed by atoms with E-state index in [-0.39, 0.29) is 11.2 Å². The monoisotopic (exact) mass is 247 g/mol. The van der Waals surface area contributed by atoms with Gasteiger partial charge in [0.1, 0.15) is 5.75 Å². The molecule has 0 aliphatic heterocycles. The van der Waals surface area contributed by atoms with Crippen molar-refractivity contribution in [2.24, 2.45) is 5.73 Å². The normalized spacial score (nSPS) is 14.4. The molecule has 1 heterocycles. The maximum atomic E-state index is 9.23. The molecule has 0 aliphatic carbocycles. The number of phenolic OH excluding ortho intramolecular Hbond substituents is 1. The summed E-state index contributed by atoms with van der Waals surface area (Å²) in [6.07, 6.45) is 0.834. The van der Waals surface area contributed by atoms with E-state index in [2.05, 4.69) is 10.1 Å². The summed E-state index contributed by atoms with van der Waals surface area (Å²) >= 11 is 0. The molecule has 2 rings (SSSR count). The molecule has 5 nitrogen and oxygen atoms in total. The van der Waals surface area contributed by atoms with Crippen molar-refractivity contribution in [1.82, 2.24) is 10.1 Å². The number of nitrogens with two attached hydrogens (primary N) is 1. The van der Waals surface area contributed by atoms with E-state index in [9.17, 15) is 5.11 Å². The number of nitrogens with zero attached hydrogens (tertiary/aromatic N) is 2. The minimum Gasteiger partial charge on any atom is -0.508 e. The van der Waals surface area contributed by atoms with Crippen molar-refractivity contribution in [3.05, 3.63) is 30.2 Å². The second-order valence-electron chi connectivity index (χ2n) is 4.59. The smallest absolute Gasteiger partial charge is 0.234 e. The van der Waals surface area contributed by atoms with Crippen molar-refractivity contribution in [2.75, 3.05) is 6.54 Å². The quantitative estimate of drug-likeness (QED) is 0.863.